The Labute approximate surface area is 185 Å². The number of hydrogen-bond acceptors (Lipinski definition) is 4. The molecule has 1 amide bonds. The van der Waals surface area contributed by atoms with Crippen LogP contribution in [0.25, 0.3) is 6.08 Å². The lowest BCUT2D eigenvalue weighted by Crippen LogP contribution is -2.24. The average molecular weight is 560 g/mol. The molecule has 2 aromatic carbocycles. The zero-order valence-corrected chi connectivity index (χ0v) is 19.0. The normalized spacial score (nSPS) is 11.1. The van der Waals surface area contributed by atoms with Crippen molar-refractivity contribution in [3.63, 3.8) is 0 Å². The molecule has 0 unspecified atom stereocenters. The summed E-state index contributed by atoms with van der Waals surface area (Å²) >= 11 is 5.61. The first kappa shape index (κ1) is 22.2. The fraction of sp³-hybridized carbons (Fsp3) is 0.200. The number of nitrogens with one attached hydrogen (secondary N) is 1. The molecule has 148 valence electrons. The van der Waals surface area contributed by atoms with Crippen molar-refractivity contribution in [3.05, 3.63) is 61.3 Å². The molecular formula is C20H19BrINO5. The Kier molecular flexibility index (Phi) is 8.31. The van der Waals surface area contributed by atoms with Gasteiger partial charge >= 0.3 is 5.97 Å². The van der Waals surface area contributed by atoms with Gasteiger partial charge in [-0.25, -0.2) is 4.79 Å². The third-order valence-electron chi connectivity index (χ3n) is 3.51. The predicted molar refractivity (Wildman–Crippen MR) is 118 cm³/mol. The maximum Gasteiger partial charge on any atom is 0.352 e. The van der Waals surface area contributed by atoms with Crippen LogP contribution in [0, 0.1) is 3.57 Å². The third-order valence-corrected chi connectivity index (χ3v) is 5.09. The average Bonchev–Trinajstić information content (AvgIpc) is 2.61. The highest BCUT2D eigenvalue weighted by Crippen LogP contribution is 2.36. The van der Waals surface area contributed by atoms with E-state index in [-0.39, 0.29) is 5.70 Å². The highest BCUT2D eigenvalue weighted by Gasteiger charge is 2.15. The van der Waals surface area contributed by atoms with Crippen LogP contribution in [0.4, 0.5) is 0 Å². The van der Waals surface area contributed by atoms with Crippen LogP contribution in [-0.4, -0.2) is 23.6 Å². The molecule has 0 heterocycles. The molecule has 0 bridgehead atoms. The van der Waals surface area contributed by atoms with Crippen molar-refractivity contribution in [2.45, 2.75) is 20.5 Å². The summed E-state index contributed by atoms with van der Waals surface area (Å²) in [4.78, 5) is 22.6. The summed E-state index contributed by atoms with van der Waals surface area (Å²) < 4.78 is 13.4. The van der Waals surface area contributed by atoms with Gasteiger partial charge in [0.25, 0.3) is 0 Å². The second-order valence-electron chi connectivity index (χ2n) is 5.69. The zero-order chi connectivity index (χ0) is 20.7. The van der Waals surface area contributed by atoms with Gasteiger partial charge in [-0.15, -0.1) is 0 Å². The molecule has 0 saturated carbocycles. The molecule has 0 saturated heterocycles. The van der Waals surface area contributed by atoms with Crippen LogP contribution < -0.4 is 14.8 Å². The van der Waals surface area contributed by atoms with Crippen LogP contribution in [0.15, 0.2) is 46.6 Å². The van der Waals surface area contributed by atoms with Gasteiger partial charge in [0.1, 0.15) is 12.3 Å². The minimum Gasteiger partial charge on any atom is -0.490 e. The Hall–Kier alpha value is -2.07. The van der Waals surface area contributed by atoms with Crippen molar-refractivity contribution in [2.75, 3.05) is 6.61 Å². The summed E-state index contributed by atoms with van der Waals surface area (Å²) in [6.07, 6.45) is 1.38. The van der Waals surface area contributed by atoms with E-state index in [1.807, 2.05) is 31.2 Å². The van der Waals surface area contributed by atoms with E-state index in [0.29, 0.717) is 30.3 Å². The second-order valence-corrected chi connectivity index (χ2v) is 7.70. The smallest absolute Gasteiger partial charge is 0.352 e. The first-order valence-electron chi connectivity index (χ1n) is 8.37. The third kappa shape index (κ3) is 6.23. The van der Waals surface area contributed by atoms with Gasteiger partial charge in [0.05, 0.1) is 10.2 Å². The van der Waals surface area contributed by atoms with Crippen molar-refractivity contribution in [2.24, 2.45) is 0 Å². The topological polar surface area (TPSA) is 84.9 Å². The van der Waals surface area contributed by atoms with E-state index in [4.69, 9.17) is 9.47 Å². The van der Waals surface area contributed by atoms with E-state index < -0.39 is 11.9 Å². The fourth-order valence-corrected chi connectivity index (χ4v) is 3.53. The molecule has 0 radical (unpaired) electrons. The molecule has 0 aromatic heterocycles. The summed E-state index contributed by atoms with van der Waals surface area (Å²) in [6, 6.07) is 11.2. The first-order valence-corrected chi connectivity index (χ1v) is 10.2. The largest absolute Gasteiger partial charge is 0.490 e. The second kappa shape index (κ2) is 10.5. The molecule has 0 aliphatic carbocycles. The number of amides is 1. The highest BCUT2D eigenvalue weighted by atomic mass is 127. The molecule has 0 atom stereocenters. The highest BCUT2D eigenvalue weighted by molar-refractivity contribution is 14.1. The lowest BCUT2D eigenvalue weighted by molar-refractivity contribution is -0.134. The summed E-state index contributed by atoms with van der Waals surface area (Å²) in [5.41, 5.74) is 1.35. The molecule has 0 spiro atoms. The van der Waals surface area contributed by atoms with Crippen molar-refractivity contribution in [3.8, 4) is 11.5 Å². The number of hydrogen-bond donors (Lipinski definition) is 2. The molecule has 0 fully saturated rings. The van der Waals surface area contributed by atoms with Gasteiger partial charge in [0.15, 0.2) is 11.5 Å². The van der Waals surface area contributed by atoms with Crippen molar-refractivity contribution in [1.82, 2.24) is 5.32 Å². The number of benzene rings is 2. The van der Waals surface area contributed by atoms with Gasteiger partial charge in [0.2, 0.25) is 5.91 Å². The monoisotopic (exact) mass is 559 g/mol. The van der Waals surface area contributed by atoms with Crippen LogP contribution in [0.5, 0.6) is 11.5 Å². The quantitative estimate of drug-likeness (QED) is 0.365. The first-order chi connectivity index (χ1) is 13.3. The van der Waals surface area contributed by atoms with Gasteiger partial charge in [-0.3, -0.25) is 4.79 Å². The number of aliphatic carboxylic acids is 1. The molecule has 8 heteroatoms. The molecule has 0 aliphatic rings. The summed E-state index contributed by atoms with van der Waals surface area (Å²) in [6.45, 7) is 3.88. The maximum atomic E-state index is 11.3. The summed E-state index contributed by atoms with van der Waals surface area (Å²) in [5, 5.41) is 11.6. The summed E-state index contributed by atoms with van der Waals surface area (Å²) in [5.74, 6) is -0.605. The van der Waals surface area contributed by atoms with Gasteiger partial charge < -0.3 is 19.9 Å². The number of carbonyl (C=O) groups is 2. The lowest BCUT2D eigenvalue weighted by Gasteiger charge is -2.15. The Balaban J connectivity index is 2.36. The van der Waals surface area contributed by atoms with Crippen LogP contribution in [0.3, 0.4) is 0 Å². The van der Waals surface area contributed by atoms with Gasteiger partial charge in [0, 0.05) is 17.0 Å². The Morgan fingerprint density at radius 3 is 2.57 bits per heavy atom. The molecule has 0 aliphatic heterocycles. The van der Waals surface area contributed by atoms with Gasteiger partial charge in [-0.05, 0) is 59.4 Å². The lowest BCUT2D eigenvalue weighted by atomic mass is 10.1. The van der Waals surface area contributed by atoms with E-state index in [9.17, 15) is 14.7 Å². The van der Waals surface area contributed by atoms with E-state index in [1.54, 1.807) is 12.1 Å². The number of carbonyl (C=O) groups excluding carboxylic acids is 1. The Morgan fingerprint density at radius 1 is 1.25 bits per heavy atom. The minimum absolute atomic E-state index is 0.215. The van der Waals surface area contributed by atoms with Crippen LogP contribution in [-0.2, 0) is 16.2 Å². The molecule has 2 N–H and O–H groups in total. The van der Waals surface area contributed by atoms with E-state index in [0.717, 1.165) is 13.6 Å². The van der Waals surface area contributed by atoms with Crippen LogP contribution >= 0.6 is 38.5 Å². The van der Waals surface area contributed by atoms with Crippen molar-refractivity contribution in [1.29, 1.82) is 0 Å². The Bertz CT molecular complexity index is 913. The van der Waals surface area contributed by atoms with Crippen molar-refractivity contribution >= 4 is 56.5 Å². The van der Waals surface area contributed by atoms with E-state index in [2.05, 4.69) is 43.8 Å². The Morgan fingerprint density at radius 2 is 1.96 bits per heavy atom. The number of ether oxygens (including phenoxy) is 2. The molecular weight excluding hydrogens is 541 g/mol. The van der Waals surface area contributed by atoms with Gasteiger partial charge in [-0.2, -0.15) is 0 Å². The summed E-state index contributed by atoms with van der Waals surface area (Å²) in [7, 11) is 0. The molecule has 2 aromatic rings. The van der Waals surface area contributed by atoms with Crippen molar-refractivity contribution < 1.29 is 24.2 Å². The van der Waals surface area contributed by atoms with E-state index >= 15 is 0 Å². The predicted octanol–water partition coefficient (Wildman–Crippen LogP) is 4.59. The maximum absolute atomic E-state index is 11.3. The number of carboxylic acids is 1. The number of halogens is 2. The molecule has 2 rings (SSSR count). The van der Waals surface area contributed by atoms with Gasteiger partial charge in [-0.1, -0.05) is 34.1 Å². The zero-order valence-electron chi connectivity index (χ0n) is 15.3. The van der Waals surface area contributed by atoms with Crippen LogP contribution in [0.2, 0.25) is 0 Å². The fourth-order valence-electron chi connectivity index (χ4n) is 2.35. The molecule has 28 heavy (non-hydrogen) atoms. The molecule has 6 nitrogen and oxygen atoms in total. The number of carboxylic acid groups (broad SMARTS) is 1. The standard InChI is InChI=1S/C20H19BrINO5/c1-3-27-18-10-13(9-17(20(25)26)23-12(2)24)8-16(22)19(18)28-11-14-6-4-5-7-15(14)21/h4-10H,3,11H2,1-2H3,(H,23,24)(H,25,26). The minimum atomic E-state index is -1.22. The van der Waals surface area contributed by atoms with Crippen LogP contribution in [0.1, 0.15) is 25.0 Å². The SMILES string of the molecule is CCOc1cc(C=C(NC(C)=O)C(=O)O)cc(I)c1OCc1ccccc1Br. The number of rotatable bonds is 8. The van der Waals surface area contributed by atoms with E-state index in [1.165, 1.54) is 13.0 Å².